The summed E-state index contributed by atoms with van der Waals surface area (Å²) in [6, 6.07) is 7.15. The lowest BCUT2D eigenvalue weighted by atomic mass is 10.0. The van der Waals surface area contributed by atoms with Crippen molar-refractivity contribution < 1.29 is 14.3 Å². The molecule has 0 aliphatic carbocycles. The number of hydrogen-bond acceptors (Lipinski definition) is 3. The van der Waals surface area contributed by atoms with E-state index in [1.807, 2.05) is 12.1 Å². The molecular formula is C13H14NO3+. The Balaban J connectivity index is 2.20. The molecule has 1 aromatic rings. The number of epoxide rings is 1. The van der Waals surface area contributed by atoms with Gasteiger partial charge in [0.15, 0.2) is 0 Å². The quantitative estimate of drug-likeness (QED) is 0.441. The highest BCUT2D eigenvalue weighted by molar-refractivity contribution is 5.89. The van der Waals surface area contributed by atoms with Gasteiger partial charge in [-0.3, -0.25) is 0 Å². The van der Waals surface area contributed by atoms with Gasteiger partial charge in [-0.25, -0.2) is 4.79 Å². The first-order chi connectivity index (χ1) is 8.22. The van der Waals surface area contributed by atoms with E-state index in [-0.39, 0.29) is 12.6 Å². The first-order valence-corrected chi connectivity index (χ1v) is 5.51. The Morgan fingerprint density at radius 3 is 2.88 bits per heavy atom. The molecule has 1 heterocycles. The summed E-state index contributed by atoms with van der Waals surface area (Å²) in [6.45, 7) is 4.18. The van der Waals surface area contributed by atoms with E-state index in [1.165, 1.54) is 6.08 Å². The SMILES string of the molecule is C=CC[N+](=O)C(=O)c1ccccc1CC1CO1. The van der Waals surface area contributed by atoms with Crippen LogP contribution in [0, 0.1) is 4.91 Å². The van der Waals surface area contributed by atoms with Gasteiger partial charge in [0.05, 0.1) is 23.0 Å². The van der Waals surface area contributed by atoms with Gasteiger partial charge in [0.1, 0.15) is 0 Å². The van der Waals surface area contributed by atoms with E-state index in [2.05, 4.69) is 6.58 Å². The van der Waals surface area contributed by atoms with Crippen LogP contribution in [0.3, 0.4) is 0 Å². The van der Waals surface area contributed by atoms with Gasteiger partial charge < -0.3 is 4.74 Å². The van der Waals surface area contributed by atoms with Crippen molar-refractivity contribution in [1.82, 2.24) is 0 Å². The summed E-state index contributed by atoms with van der Waals surface area (Å²) >= 11 is 0. The van der Waals surface area contributed by atoms with E-state index in [0.29, 0.717) is 16.7 Å². The zero-order chi connectivity index (χ0) is 12.3. The number of carbonyl (C=O) groups is 1. The number of ether oxygens (including phenoxy) is 1. The Hall–Kier alpha value is -1.81. The summed E-state index contributed by atoms with van der Waals surface area (Å²) in [5.74, 6) is -0.513. The van der Waals surface area contributed by atoms with Crippen LogP contribution in [-0.2, 0) is 11.2 Å². The minimum atomic E-state index is -0.513. The standard InChI is InChI=1S/C13H14NO3/c1-2-7-14(16)13(15)12-6-4-3-5-10(12)8-11-9-17-11/h2-6,11H,1,7-9H2/q+1. The summed E-state index contributed by atoms with van der Waals surface area (Å²) < 4.78 is 5.55. The molecule has 4 nitrogen and oxygen atoms in total. The lowest BCUT2D eigenvalue weighted by Crippen LogP contribution is -2.20. The lowest BCUT2D eigenvalue weighted by molar-refractivity contribution is -0.438. The second-order valence-electron chi connectivity index (χ2n) is 3.97. The number of nitroso groups, excluding NO2 is 1. The molecule has 1 amide bonds. The maximum atomic E-state index is 11.9. The number of hydrogen-bond donors (Lipinski definition) is 0. The van der Waals surface area contributed by atoms with Gasteiger partial charge in [-0.2, -0.15) is 0 Å². The monoisotopic (exact) mass is 232 g/mol. The fourth-order valence-corrected chi connectivity index (χ4v) is 1.67. The van der Waals surface area contributed by atoms with Crippen molar-refractivity contribution in [3.05, 3.63) is 53.0 Å². The van der Waals surface area contributed by atoms with Gasteiger partial charge >= 0.3 is 5.91 Å². The molecule has 0 saturated carbocycles. The molecule has 1 saturated heterocycles. The Kier molecular flexibility index (Phi) is 3.44. The molecule has 0 bridgehead atoms. The van der Waals surface area contributed by atoms with E-state index in [4.69, 9.17) is 4.74 Å². The molecule has 2 rings (SSSR count). The molecule has 4 heteroatoms. The maximum absolute atomic E-state index is 11.9. The van der Waals surface area contributed by atoms with Crippen molar-refractivity contribution >= 4 is 5.91 Å². The molecule has 0 spiro atoms. The minimum Gasteiger partial charge on any atom is -0.373 e. The van der Waals surface area contributed by atoms with Crippen LogP contribution in [-0.4, -0.2) is 29.9 Å². The van der Waals surface area contributed by atoms with Gasteiger partial charge in [0.2, 0.25) is 6.54 Å². The van der Waals surface area contributed by atoms with Gasteiger partial charge in [-0.15, -0.1) is 0 Å². The number of amides is 1. The third kappa shape index (κ3) is 2.85. The van der Waals surface area contributed by atoms with Crippen molar-refractivity contribution in [2.45, 2.75) is 12.5 Å². The number of rotatable bonds is 5. The number of nitrogens with zero attached hydrogens (tertiary/aromatic N) is 1. The summed E-state index contributed by atoms with van der Waals surface area (Å²) in [6.07, 6.45) is 2.30. The third-order valence-electron chi connectivity index (χ3n) is 2.62. The fourth-order valence-electron chi connectivity index (χ4n) is 1.67. The average molecular weight is 232 g/mol. The predicted octanol–water partition coefficient (Wildman–Crippen LogP) is 1.73. The van der Waals surface area contributed by atoms with E-state index < -0.39 is 5.91 Å². The van der Waals surface area contributed by atoms with Crippen molar-refractivity contribution in [2.75, 3.05) is 13.2 Å². The van der Waals surface area contributed by atoms with E-state index in [0.717, 1.165) is 12.2 Å². The van der Waals surface area contributed by atoms with E-state index in [9.17, 15) is 9.70 Å². The highest BCUT2D eigenvalue weighted by Crippen LogP contribution is 2.19. The average Bonchev–Trinajstić information content (AvgIpc) is 3.13. The molecule has 1 aliphatic rings. The lowest BCUT2D eigenvalue weighted by Gasteiger charge is -2.01. The molecule has 0 radical (unpaired) electrons. The second kappa shape index (κ2) is 5.01. The van der Waals surface area contributed by atoms with Crippen LogP contribution < -0.4 is 0 Å². The molecule has 88 valence electrons. The molecule has 1 unspecified atom stereocenters. The summed E-state index contributed by atoms with van der Waals surface area (Å²) in [7, 11) is 0. The van der Waals surface area contributed by atoms with Crippen LogP contribution in [0.25, 0.3) is 0 Å². The van der Waals surface area contributed by atoms with Gasteiger partial charge in [0, 0.05) is 11.3 Å². The van der Waals surface area contributed by atoms with Gasteiger partial charge in [-0.05, 0) is 17.7 Å². The van der Waals surface area contributed by atoms with Crippen LogP contribution in [0.15, 0.2) is 36.9 Å². The fraction of sp³-hybridized carbons (Fsp3) is 0.308. The highest BCUT2D eigenvalue weighted by atomic mass is 16.6. The Morgan fingerprint density at radius 1 is 1.53 bits per heavy atom. The minimum absolute atomic E-state index is 0.00704. The van der Waals surface area contributed by atoms with Gasteiger partial charge in [0.25, 0.3) is 0 Å². The van der Waals surface area contributed by atoms with Crippen molar-refractivity contribution in [1.29, 1.82) is 0 Å². The molecular weight excluding hydrogens is 218 g/mol. The second-order valence-corrected chi connectivity index (χ2v) is 3.97. The first-order valence-electron chi connectivity index (χ1n) is 5.51. The van der Waals surface area contributed by atoms with Crippen molar-refractivity contribution in [3.63, 3.8) is 0 Å². The Bertz CT molecular complexity index is 463. The van der Waals surface area contributed by atoms with Crippen molar-refractivity contribution in [3.8, 4) is 0 Å². The Labute approximate surface area is 99.5 Å². The molecule has 1 aliphatic heterocycles. The number of carbonyl (C=O) groups excluding carboxylic acids is 1. The summed E-state index contributed by atoms with van der Waals surface area (Å²) in [5, 5.41) is 0. The zero-order valence-electron chi connectivity index (χ0n) is 9.46. The highest BCUT2D eigenvalue weighted by Gasteiger charge is 2.29. The van der Waals surface area contributed by atoms with Crippen LogP contribution in [0.2, 0.25) is 0 Å². The predicted molar refractivity (Wildman–Crippen MR) is 62.9 cm³/mol. The maximum Gasteiger partial charge on any atom is 0.465 e. The topological polar surface area (TPSA) is 49.7 Å². The summed E-state index contributed by atoms with van der Waals surface area (Å²) in [4.78, 5) is 23.3. The molecule has 0 aromatic heterocycles. The van der Waals surface area contributed by atoms with Crippen LogP contribution in [0.5, 0.6) is 0 Å². The molecule has 1 aromatic carbocycles. The van der Waals surface area contributed by atoms with E-state index >= 15 is 0 Å². The third-order valence-corrected chi connectivity index (χ3v) is 2.62. The Morgan fingerprint density at radius 2 is 2.24 bits per heavy atom. The summed E-state index contributed by atoms with van der Waals surface area (Å²) in [5.41, 5.74) is 1.32. The van der Waals surface area contributed by atoms with Gasteiger partial charge in [-0.1, -0.05) is 24.8 Å². The smallest absolute Gasteiger partial charge is 0.373 e. The molecule has 1 fully saturated rings. The number of benzene rings is 1. The zero-order valence-corrected chi connectivity index (χ0v) is 9.46. The molecule has 0 N–H and O–H groups in total. The first kappa shape index (κ1) is 11.7. The largest absolute Gasteiger partial charge is 0.465 e. The van der Waals surface area contributed by atoms with Crippen LogP contribution in [0.1, 0.15) is 15.9 Å². The van der Waals surface area contributed by atoms with E-state index in [1.54, 1.807) is 12.1 Å². The van der Waals surface area contributed by atoms with Crippen LogP contribution >= 0.6 is 0 Å². The molecule has 1 atom stereocenters. The van der Waals surface area contributed by atoms with Crippen molar-refractivity contribution in [2.24, 2.45) is 0 Å². The molecule has 17 heavy (non-hydrogen) atoms. The normalized spacial score (nSPS) is 17.5. The van der Waals surface area contributed by atoms with Crippen LogP contribution in [0.4, 0.5) is 0 Å².